The van der Waals surface area contributed by atoms with E-state index in [4.69, 9.17) is 18.9 Å². The molecule has 1 N–H and O–H groups in total. The molecule has 29 heavy (non-hydrogen) atoms. The Morgan fingerprint density at radius 2 is 1.34 bits per heavy atom. The lowest BCUT2D eigenvalue weighted by Crippen LogP contribution is -2.12. The van der Waals surface area contributed by atoms with Gasteiger partial charge in [-0.25, -0.2) is 0 Å². The Bertz CT molecular complexity index is 952. The average Bonchev–Trinajstić information content (AvgIpc) is 2.78. The van der Waals surface area contributed by atoms with E-state index in [1.165, 1.54) is 0 Å². The van der Waals surface area contributed by atoms with Crippen LogP contribution in [0.25, 0.3) is 0 Å². The number of nitrogens with one attached hydrogen (secondary N) is 1. The van der Waals surface area contributed by atoms with Gasteiger partial charge in [-0.3, -0.25) is 4.79 Å². The van der Waals surface area contributed by atoms with E-state index in [-0.39, 0.29) is 12.5 Å². The van der Waals surface area contributed by atoms with Crippen LogP contribution in [0.4, 0.5) is 5.69 Å². The monoisotopic (exact) mass is 393 g/mol. The molecule has 0 fully saturated rings. The fourth-order valence-electron chi connectivity index (χ4n) is 2.74. The van der Waals surface area contributed by atoms with Crippen LogP contribution in [0.2, 0.25) is 0 Å². The molecule has 6 nitrogen and oxygen atoms in total. The number of carbonyl (C=O) groups is 1. The Morgan fingerprint density at radius 3 is 1.93 bits per heavy atom. The van der Waals surface area contributed by atoms with E-state index in [1.54, 1.807) is 63.8 Å². The summed E-state index contributed by atoms with van der Waals surface area (Å²) >= 11 is 0. The molecule has 150 valence electrons. The SMILES string of the molecule is COc1ccc(NC(=O)c2ccc(OC)c(COc3ccc(OC)cc3)c2)cc1. The molecule has 0 unspecified atom stereocenters. The van der Waals surface area contributed by atoms with Gasteiger partial charge in [0.1, 0.15) is 29.6 Å². The molecule has 0 spiro atoms. The number of anilines is 1. The Hall–Kier alpha value is -3.67. The minimum absolute atomic E-state index is 0.219. The molecule has 0 atom stereocenters. The second-order valence-corrected chi connectivity index (χ2v) is 6.17. The quantitative estimate of drug-likeness (QED) is 0.608. The van der Waals surface area contributed by atoms with E-state index < -0.39 is 0 Å². The molecule has 1 amide bonds. The maximum absolute atomic E-state index is 12.6. The zero-order valence-corrected chi connectivity index (χ0v) is 16.6. The van der Waals surface area contributed by atoms with Gasteiger partial charge in [0.05, 0.1) is 21.3 Å². The topological polar surface area (TPSA) is 66.0 Å². The van der Waals surface area contributed by atoms with Crippen LogP contribution in [0, 0.1) is 0 Å². The Morgan fingerprint density at radius 1 is 0.759 bits per heavy atom. The normalized spacial score (nSPS) is 10.2. The molecule has 0 aliphatic heterocycles. The van der Waals surface area contributed by atoms with Crippen LogP contribution in [-0.2, 0) is 6.61 Å². The molecule has 0 saturated carbocycles. The number of carbonyl (C=O) groups excluding carboxylic acids is 1. The van der Waals surface area contributed by atoms with E-state index in [0.29, 0.717) is 22.7 Å². The molecule has 0 saturated heterocycles. The van der Waals surface area contributed by atoms with Crippen LogP contribution in [0.15, 0.2) is 66.7 Å². The molecule has 3 aromatic carbocycles. The number of ether oxygens (including phenoxy) is 4. The van der Waals surface area contributed by atoms with Gasteiger partial charge in [-0.05, 0) is 66.7 Å². The highest BCUT2D eigenvalue weighted by atomic mass is 16.5. The lowest BCUT2D eigenvalue weighted by Gasteiger charge is -2.13. The van der Waals surface area contributed by atoms with Crippen molar-refractivity contribution in [3.63, 3.8) is 0 Å². The summed E-state index contributed by atoms with van der Waals surface area (Å²) in [5.41, 5.74) is 1.96. The zero-order chi connectivity index (χ0) is 20.6. The largest absolute Gasteiger partial charge is 0.497 e. The summed E-state index contributed by atoms with van der Waals surface area (Å²) in [5.74, 6) is 2.61. The fourth-order valence-corrected chi connectivity index (χ4v) is 2.74. The number of rotatable bonds is 8. The maximum Gasteiger partial charge on any atom is 0.255 e. The van der Waals surface area contributed by atoms with E-state index in [1.807, 2.05) is 24.3 Å². The highest BCUT2D eigenvalue weighted by Gasteiger charge is 2.12. The van der Waals surface area contributed by atoms with Crippen molar-refractivity contribution < 1.29 is 23.7 Å². The number of hydrogen-bond acceptors (Lipinski definition) is 5. The van der Waals surface area contributed by atoms with Gasteiger partial charge in [-0.15, -0.1) is 0 Å². The highest BCUT2D eigenvalue weighted by Crippen LogP contribution is 2.24. The summed E-state index contributed by atoms with van der Waals surface area (Å²) in [5, 5.41) is 2.87. The van der Waals surface area contributed by atoms with E-state index in [2.05, 4.69) is 5.32 Å². The van der Waals surface area contributed by atoms with Crippen LogP contribution in [0.1, 0.15) is 15.9 Å². The maximum atomic E-state index is 12.6. The molecule has 0 aromatic heterocycles. The molecule has 6 heteroatoms. The minimum atomic E-state index is -0.219. The number of hydrogen-bond donors (Lipinski definition) is 1. The lowest BCUT2D eigenvalue weighted by molar-refractivity contribution is 0.102. The van der Waals surface area contributed by atoms with Crippen molar-refractivity contribution >= 4 is 11.6 Å². The predicted molar refractivity (Wildman–Crippen MR) is 111 cm³/mol. The minimum Gasteiger partial charge on any atom is -0.497 e. The fraction of sp³-hybridized carbons (Fsp3) is 0.174. The van der Waals surface area contributed by atoms with Crippen LogP contribution >= 0.6 is 0 Å². The Balaban J connectivity index is 1.71. The summed E-state index contributed by atoms with van der Waals surface area (Å²) in [6.45, 7) is 0.263. The van der Waals surface area contributed by atoms with Gasteiger partial charge in [0, 0.05) is 16.8 Å². The van der Waals surface area contributed by atoms with Gasteiger partial charge in [-0.2, -0.15) is 0 Å². The highest BCUT2D eigenvalue weighted by molar-refractivity contribution is 6.04. The third kappa shape index (κ3) is 5.19. The van der Waals surface area contributed by atoms with Crippen LogP contribution in [0.3, 0.4) is 0 Å². The van der Waals surface area contributed by atoms with Crippen molar-refractivity contribution in [1.29, 1.82) is 0 Å². The summed E-state index contributed by atoms with van der Waals surface area (Å²) < 4.78 is 21.5. The third-order valence-electron chi connectivity index (χ3n) is 4.34. The standard InChI is InChI=1S/C23H23NO5/c1-26-19-7-5-18(6-8-19)24-23(25)16-4-13-22(28-3)17(14-16)15-29-21-11-9-20(27-2)10-12-21/h4-14H,15H2,1-3H3,(H,24,25). The van der Waals surface area contributed by atoms with Gasteiger partial charge < -0.3 is 24.3 Å². The van der Waals surface area contributed by atoms with Gasteiger partial charge >= 0.3 is 0 Å². The van der Waals surface area contributed by atoms with Crippen LogP contribution in [-0.4, -0.2) is 27.2 Å². The summed E-state index contributed by atoms with van der Waals surface area (Å²) in [7, 11) is 4.80. The Labute approximate surface area is 170 Å². The van der Waals surface area contributed by atoms with Crippen molar-refractivity contribution in [2.24, 2.45) is 0 Å². The number of amides is 1. The molecular formula is C23H23NO5. The van der Waals surface area contributed by atoms with E-state index in [0.717, 1.165) is 17.1 Å². The number of methoxy groups -OCH3 is 3. The summed E-state index contributed by atoms with van der Waals surface area (Å²) in [6, 6.07) is 19.7. The first kappa shape index (κ1) is 20.1. The molecule has 0 aliphatic rings. The first-order chi connectivity index (χ1) is 14.1. The van der Waals surface area contributed by atoms with Crippen LogP contribution in [0.5, 0.6) is 23.0 Å². The van der Waals surface area contributed by atoms with Crippen molar-refractivity contribution in [3.8, 4) is 23.0 Å². The molecule has 0 aliphatic carbocycles. The smallest absolute Gasteiger partial charge is 0.255 e. The van der Waals surface area contributed by atoms with E-state index in [9.17, 15) is 4.79 Å². The second-order valence-electron chi connectivity index (χ2n) is 6.17. The Kier molecular flexibility index (Phi) is 6.58. The van der Waals surface area contributed by atoms with Crippen molar-refractivity contribution in [2.75, 3.05) is 26.6 Å². The first-order valence-corrected chi connectivity index (χ1v) is 9.02. The first-order valence-electron chi connectivity index (χ1n) is 9.02. The van der Waals surface area contributed by atoms with Gasteiger partial charge in [0.25, 0.3) is 5.91 Å². The molecule has 3 aromatic rings. The molecule has 0 heterocycles. The summed E-state index contributed by atoms with van der Waals surface area (Å²) in [6.07, 6.45) is 0. The third-order valence-corrected chi connectivity index (χ3v) is 4.34. The lowest BCUT2D eigenvalue weighted by atomic mass is 10.1. The number of benzene rings is 3. The zero-order valence-electron chi connectivity index (χ0n) is 16.6. The van der Waals surface area contributed by atoms with Gasteiger partial charge in [0.15, 0.2) is 0 Å². The molecular weight excluding hydrogens is 370 g/mol. The van der Waals surface area contributed by atoms with Crippen molar-refractivity contribution in [3.05, 3.63) is 77.9 Å². The van der Waals surface area contributed by atoms with Crippen LogP contribution < -0.4 is 24.3 Å². The van der Waals surface area contributed by atoms with Gasteiger partial charge in [0.2, 0.25) is 0 Å². The van der Waals surface area contributed by atoms with E-state index >= 15 is 0 Å². The average molecular weight is 393 g/mol. The molecule has 0 bridgehead atoms. The summed E-state index contributed by atoms with van der Waals surface area (Å²) in [4.78, 5) is 12.6. The van der Waals surface area contributed by atoms with Gasteiger partial charge in [-0.1, -0.05) is 0 Å². The molecule has 0 radical (unpaired) electrons. The van der Waals surface area contributed by atoms with Crippen molar-refractivity contribution in [1.82, 2.24) is 0 Å². The van der Waals surface area contributed by atoms with Crippen molar-refractivity contribution in [2.45, 2.75) is 6.61 Å². The predicted octanol–water partition coefficient (Wildman–Crippen LogP) is 4.54. The second kappa shape index (κ2) is 9.50. The molecule has 3 rings (SSSR count).